The van der Waals surface area contributed by atoms with Crippen LogP contribution in [0, 0.1) is 0 Å². The first-order chi connectivity index (χ1) is 9.40. The normalized spacial score (nSPS) is 21.1. The van der Waals surface area contributed by atoms with Crippen LogP contribution < -0.4 is 5.32 Å². The molecule has 1 aliphatic carbocycles. The molecule has 20 heavy (non-hydrogen) atoms. The van der Waals surface area contributed by atoms with Gasteiger partial charge in [0.1, 0.15) is 16.4 Å². The molecule has 106 valence electrons. The fourth-order valence-electron chi connectivity index (χ4n) is 3.08. The van der Waals surface area contributed by atoms with E-state index in [9.17, 15) is 0 Å². The summed E-state index contributed by atoms with van der Waals surface area (Å²) in [7, 11) is 0. The lowest BCUT2D eigenvalue weighted by Crippen LogP contribution is -2.39. The Balaban J connectivity index is 1.91. The fraction of sp³-hybridized carbons (Fsp3) is 0.529. The van der Waals surface area contributed by atoms with E-state index < -0.39 is 0 Å². The van der Waals surface area contributed by atoms with Crippen LogP contribution in [-0.4, -0.2) is 16.4 Å². The Kier molecular flexibility index (Phi) is 3.20. The van der Waals surface area contributed by atoms with E-state index in [1.807, 2.05) is 0 Å². The van der Waals surface area contributed by atoms with Crippen molar-refractivity contribution in [3.63, 3.8) is 0 Å². The molecule has 3 rings (SSSR count). The molecule has 1 N–H and O–H groups in total. The maximum Gasteiger partial charge on any atom is 0.131 e. The maximum absolute atomic E-state index is 5.50. The second-order valence-corrected chi connectivity index (χ2v) is 7.39. The first-order valence-electron chi connectivity index (χ1n) is 7.43. The summed E-state index contributed by atoms with van der Waals surface area (Å²) < 4.78 is 0. The third kappa shape index (κ3) is 2.39. The molecule has 3 heteroatoms. The van der Waals surface area contributed by atoms with Crippen molar-refractivity contribution in [2.24, 2.45) is 4.99 Å². The van der Waals surface area contributed by atoms with Gasteiger partial charge in [0, 0.05) is 5.56 Å². The Bertz CT molecular complexity index is 558. The second kappa shape index (κ2) is 4.66. The van der Waals surface area contributed by atoms with E-state index in [0.717, 1.165) is 29.1 Å². The predicted molar refractivity (Wildman–Crippen MR) is 88.6 cm³/mol. The van der Waals surface area contributed by atoms with Crippen molar-refractivity contribution in [3.05, 3.63) is 35.4 Å². The number of thiocarbonyl (C=S) groups is 1. The summed E-state index contributed by atoms with van der Waals surface area (Å²) in [6.45, 7) is 6.69. The summed E-state index contributed by atoms with van der Waals surface area (Å²) in [5.41, 5.74) is 3.55. The first kappa shape index (κ1) is 13.7. The number of aliphatic imine (C=N–C) groups is 1. The minimum absolute atomic E-state index is 0.0882. The summed E-state index contributed by atoms with van der Waals surface area (Å²) >= 11 is 5.50. The van der Waals surface area contributed by atoms with Gasteiger partial charge in [-0.1, -0.05) is 57.3 Å². The number of benzene rings is 1. The minimum Gasteiger partial charge on any atom is -0.351 e. The topological polar surface area (TPSA) is 24.4 Å². The van der Waals surface area contributed by atoms with Crippen molar-refractivity contribution >= 4 is 22.9 Å². The Hall–Kier alpha value is -1.22. The maximum atomic E-state index is 5.50. The molecule has 1 aromatic carbocycles. The van der Waals surface area contributed by atoms with Crippen molar-refractivity contribution in [3.8, 4) is 0 Å². The number of rotatable bonds is 1. The zero-order valence-electron chi connectivity index (χ0n) is 12.5. The number of hydrogen-bond acceptors (Lipinski definition) is 2. The molecule has 0 amide bonds. The molecule has 1 aliphatic heterocycles. The number of nitrogens with zero attached hydrogens (tertiary/aromatic N) is 1. The van der Waals surface area contributed by atoms with Crippen LogP contribution in [0.4, 0.5) is 0 Å². The Morgan fingerprint density at radius 1 is 1.10 bits per heavy atom. The van der Waals surface area contributed by atoms with Gasteiger partial charge in [0.2, 0.25) is 0 Å². The average Bonchev–Trinajstić information content (AvgIpc) is 2.96. The van der Waals surface area contributed by atoms with Crippen molar-refractivity contribution in [2.45, 2.75) is 57.5 Å². The van der Waals surface area contributed by atoms with E-state index in [0.29, 0.717) is 0 Å². The zero-order chi connectivity index (χ0) is 14.4. The van der Waals surface area contributed by atoms with E-state index in [1.54, 1.807) is 0 Å². The minimum atomic E-state index is -0.0882. The molecule has 0 unspecified atom stereocenters. The molecule has 0 radical (unpaired) electrons. The summed E-state index contributed by atoms with van der Waals surface area (Å²) in [5.74, 6) is 0. The van der Waals surface area contributed by atoms with Gasteiger partial charge in [-0.25, -0.2) is 0 Å². The van der Waals surface area contributed by atoms with Crippen LogP contribution in [0.15, 0.2) is 29.3 Å². The molecule has 1 spiro atoms. The molecule has 0 bridgehead atoms. The van der Waals surface area contributed by atoms with Crippen molar-refractivity contribution in [2.75, 3.05) is 0 Å². The lowest BCUT2D eigenvalue weighted by Gasteiger charge is -2.19. The Morgan fingerprint density at radius 3 is 2.25 bits per heavy atom. The van der Waals surface area contributed by atoms with Gasteiger partial charge in [-0.2, -0.15) is 0 Å². The molecule has 1 heterocycles. The van der Waals surface area contributed by atoms with Gasteiger partial charge < -0.3 is 5.32 Å². The van der Waals surface area contributed by atoms with Crippen LogP contribution >= 0.6 is 12.2 Å². The number of nitrogens with one attached hydrogen (secondary N) is 1. The van der Waals surface area contributed by atoms with Crippen LogP contribution in [0.2, 0.25) is 0 Å². The summed E-state index contributed by atoms with van der Waals surface area (Å²) in [6.07, 6.45) is 4.71. The van der Waals surface area contributed by atoms with Gasteiger partial charge >= 0.3 is 0 Å². The van der Waals surface area contributed by atoms with Gasteiger partial charge in [0.05, 0.1) is 0 Å². The van der Waals surface area contributed by atoms with Crippen molar-refractivity contribution in [1.82, 2.24) is 5.32 Å². The Labute approximate surface area is 126 Å². The van der Waals surface area contributed by atoms with E-state index >= 15 is 0 Å². The second-order valence-electron chi connectivity index (χ2n) is 6.98. The SMILES string of the molecule is CC(C)(C)c1ccc(C2=NC3(CCCC3)NC2=S)cc1. The monoisotopic (exact) mass is 286 g/mol. The zero-order valence-corrected chi connectivity index (χ0v) is 13.3. The first-order valence-corrected chi connectivity index (χ1v) is 7.84. The van der Waals surface area contributed by atoms with Crippen molar-refractivity contribution in [1.29, 1.82) is 0 Å². The number of hydrogen-bond donors (Lipinski definition) is 1. The Morgan fingerprint density at radius 2 is 1.70 bits per heavy atom. The largest absolute Gasteiger partial charge is 0.351 e. The molecule has 2 nitrogen and oxygen atoms in total. The third-order valence-corrected chi connectivity index (χ3v) is 4.64. The standard InChI is InChI=1S/C17H22N2S/c1-16(2,3)13-8-6-12(7-9-13)14-15(20)19-17(18-14)10-4-5-11-17/h6-9H,4-5,10-11H2,1-3H3,(H,19,20). The predicted octanol–water partition coefficient (Wildman–Crippen LogP) is 3.97. The van der Waals surface area contributed by atoms with Gasteiger partial charge in [-0.15, -0.1) is 0 Å². The smallest absolute Gasteiger partial charge is 0.131 e. The molecular formula is C17H22N2S. The van der Waals surface area contributed by atoms with E-state index in [4.69, 9.17) is 17.2 Å². The molecule has 1 fully saturated rings. The van der Waals surface area contributed by atoms with Gasteiger partial charge in [0.15, 0.2) is 0 Å². The van der Waals surface area contributed by atoms with Crippen LogP contribution in [0.1, 0.15) is 57.6 Å². The lowest BCUT2D eigenvalue weighted by atomic mass is 9.86. The van der Waals surface area contributed by atoms with Crippen LogP contribution in [0.5, 0.6) is 0 Å². The third-order valence-electron chi connectivity index (χ3n) is 4.34. The van der Waals surface area contributed by atoms with Gasteiger partial charge in [-0.3, -0.25) is 4.99 Å². The molecule has 0 aromatic heterocycles. The van der Waals surface area contributed by atoms with E-state index in [2.05, 4.69) is 50.4 Å². The molecule has 1 aromatic rings. The van der Waals surface area contributed by atoms with Crippen molar-refractivity contribution < 1.29 is 0 Å². The highest BCUT2D eigenvalue weighted by Gasteiger charge is 2.39. The van der Waals surface area contributed by atoms with E-state index in [1.165, 1.54) is 18.4 Å². The lowest BCUT2D eigenvalue weighted by molar-refractivity contribution is 0.426. The van der Waals surface area contributed by atoms with Crippen LogP contribution in [0.3, 0.4) is 0 Å². The molecular weight excluding hydrogens is 264 g/mol. The van der Waals surface area contributed by atoms with Gasteiger partial charge in [0.25, 0.3) is 0 Å². The fourth-order valence-corrected chi connectivity index (χ4v) is 3.44. The quantitative estimate of drug-likeness (QED) is 0.790. The van der Waals surface area contributed by atoms with E-state index in [-0.39, 0.29) is 11.1 Å². The molecule has 1 saturated carbocycles. The van der Waals surface area contributed by atoms with Crippen LogP contribution in [-0.2, 0) is 5.41 Å². The molecule has 2 aliphatic rings. The van der Waals surface area contributed by atoms with Gasteiger partial charge in [-0.05, 0) is 36.7 Å². The molecule has 0 atom stereocenters. The molecule has 0 saturated heterocycles. The highest BCUT2D eigenvalue weighted by molar-refractivity contribution is 7.82. The highest BCUT2D eigenvalue weighted by atomic mass is 32.1. The summed E-state index contributed by atoms with van der Waals surface area (Å²) in [5, 5.41) is 3.45. The highest BCUT2D eigenvalue weighted by Crippen LogP contribution is 2.35. The van der Waals surface area contributed by atoms with Crippen LogP contribution in [0.25, 0.3) is 0 Å². The summed E-state index contributed by atoms with van der Waals surface area (Å²) in [6, 6.07) is 8.70. The summed E-state index contributed by atoms with van der Waals surface area (Å²) in [4.78, 5) is 5.74. The average molecular weight is 286 g/mol.